The quantitative estimate of drug-likeness (QED) is 0.493. The average molecular weight is 392 g/mol. The summed E-state index contributed by atoms with van der Waals surface area (Å²) in [7, 11) is 0. The molecule has 3 aromatic rings. The standard InChI is InChI=1S/C22H20N2O3S/c1-4-11-24-18-10-9-17(21(26)27-5-2)14-19(18)28-22(24)23-20(25)13-16-8-6-7-15(3)12-16/h1,6-10,12,14H,5,11,13H2,2-3H3. The minimum Gasteiger partial charge on any atom is -0.462 e. The van der Waals surface area contributed by atoms with E-state index in [0.29, 0.717) is 17.0 Å². The van der Waals surface area contributed by atoms with Gasteiger partial charge in [-0.25, -0.2) is 4.79 Å². The first-order chi connectivity index (χ1) is 13.5. The van der Waals surface area contributed by atoms with Gasteiger partial charge in [0.25, 0.3) is 5.91 Å². The Labute approximate surface area is 167 Å². The average Bonchev–Trinajstić information content (AvgIpc) is 2.98. The van der Waals surface area contributed by atoms with Gasteiger partial charge in [-0.1, -0.05) is 47.1 Å². The zero-order valence-corrected chi connectivity index (χ0v) is 16.6. The summed E-state index contributed by atoms with van der Waals surface area (Å²) in [6, 6.07) is 13.0. The number of carbonyl (C=O) groups excluding carboxylic acids is 2. The van der Waals surface area contributed by atoms with Crippen LogP contribution in [0.25, 0.3) is 10.2 Å². The summed E-state index contributed by atoms with van der Waals surface area (Å²) in [5, 5.41) is 0. The first-order valence-corrected chi connectivity index (χ1v) is 9.70. The fraction of sp³-hybridized carbons (Fsp3) is 0.227. The summed E-state index contributed by atoms with van der Waals surface area (Å²) in [5.74, 6) is 1.98. The number of hydrogen-bond acceptors (Lipinski definition) is 4. The van der Waals surface area contributed by atoms with Crippen LogP contribution in [0.4, 0.5) is 0 Å². The summed E-state index contributed by atoms with van der Waals surface area (Å²) < 4.78 is 7.68. The molecule has 0 aliphatic rings. The summed E-state index contributed by atoms with van der Waals surface area (Å²) >= 11 is 1.33. The number of rotatable bonds is 5. The largest absolute Gasteiger partial charge is 0.462 e. The predicted molar refractivity (Wildman–Crippen MR) is 110 cm³/mol. The van der Waals surface area contributed by atoms with E-state index in [1.54, 1.807) is 25.1 Å². The fourth-order valence-corrected chi connectivity index (χ4v) is 3.97. The molecule has 0 aliphatic heterocycles. The van der Waals surface area contributed by atoms with Crippen LogP contribution >= 0.6 is 11.3 Å². The maximum Gasteiger partial charge on any atom is 0.338 e. The molecule has 0 spiro atoms. The summed E-state index contributed by atoms with van der Waals surface area (Å²) in [6.45, 7) is 4.35. The second-order valence-electron chi connectivity index (χ2n) is 6.25. The summed E-state index contributed by atoms with van der Waals surface area (Å²) in [6.07, 6.45) is 5.72. The zero-order valence-electron chi connectivity index (χ0n) is 15.8. The highest BCUT2D eigenvalue weighted by Gasteiger charge is 2.12. The van der Waals surface area contributed by atoms with E-state index < -0.39 is 0 Å². The van der Waals surface area contributed by atoms with Gasteiger partial charge in [-0.05, 0) is 37.6 Å². The Kier molecular flexibility index (Phi) is 6.07. The SMILES string of the molecule is C#CCn1c(=NC(=O)Cc2cccc(C)c2)sc2cc(C(=O)OCC)ccc21. The van der Waals surface area contributed by atoms with Crippen molar-refractivity contribution in [3.63, 3.8) is 0 Å². The molecule has 0 radical (unpaired) electrons. The number of hydrogen-bond donors (Lipinski definition) is 0. The molecule has 0 fully saturated rings. The molecule has 0 saturated carbocycles. The smallest absolute Gasteiger partial charge is 0.338 e. The Morgan fingerprint density at radius 2 is 2.07 bits per heavy atom. The Hall–Kier alpha value is -3.17. The second kappa shape index (κ2) is 8.68. The van der Waals surface area contributed by atoms with Crippen molar-refractivity contribution in [1.29, 1.82) is 0 Å². The van der Waals surface area contributed by atoms with Crippen LogP contribution in [0.3, 0.4) is 0 Å². The highest BCUT2D eigenvalue weighted by atomic mass is 32.1. The van der Waals surface area contributed by atoms with Crippen molar-refractivity contribution >= 4 is 33.4 Å². The van der Waals surface area contributed by atoms with Gasteiger partial charge in [-0.15, -0.1) is 6.42 Å². The molecule has 0 unspecified atom stereocenters. The molecule has 1 heterocycles. The van der Waals surface area contributed by atoms with Crippen molar-refractivity contribution in [2.75, 3.05) is 6.61 Å². The number of ether oxygens (including phenoxy) is 1. The number of thiazole rings is 1. The molecule has 142 valence electrons. The molecule has 0 aliphatic carbocycles. The van der Waals surface area contributed by atoms with Crippen molar-refractivity contribution in [2.45, 2.75) is 26.8 Å². The molecule has 5 nitrogen and oxygen atoms in total. The predicted octanol–water partition coefficient (Wildman–Crippen LogP) is 3.49. The van der Waals surface area contributed by atoms with Gasteiger partial charge in [0, 0.05) is 0 Å². The topological polar surface area (TPSA) is 60.7 Å². The van der Waals surface area contributed by atoms with Crippen LogP contribution in [0.2, 0.25) is 0 Å². The minimum absolute atomic E-state index is 0.222. The molecule has 2 aromatic carbocycles. The van der Waals surface area contributed by atoms with Crippen molar-refractivity contribution < 1.29 is 14.3 Å². The number of carbonyl (C=O) groups is 2. The van der Waals surface area contributed by atoms with Crippen LogP contribution in [0.1, 0.15) is 28.4 Å². The number of benzene rings is 2. The van der Waals surface area contributed by atoms with Crippen LogP contribution in [-0.2, 0) is 22.5 Å². The van der Waals surface area contributed by atoms with E-state index in [-0.39, 0.29) is 24.8 Å². The Balaban J connectivity index is 2.00. The zero-order chi connectivity index (χ0) is 20.1. The van der Waals surface area contributed by atoms with Crippen LogP contribution < -0.4 is 4.80 Å². The van der Waals surface area contributed by atoms with E-state index in [2.05, 4.69) is 10.9 Å². The molecule has 1 amide bonds. The van der Waals surface area contributed by atoms with Gasteiger partial charge in [0.1, 0.15) is 0 Å². The Bertz CT molecular complexity index is 1150. The van der Waals surface area contributed by atoms with Gasteiger partial charge >= 0.3 is 5.97 Å². The first kappa shape index (κ1) is 19.6. The molecular formula is C22H20N2O3S. The molecule has 0 saturated heterocycles. The molecule has 1 aromatic heterocycles. The number of amides is 1. The number of terminal acetylenes is 1. The van der Waals surface area contributed by atoms with Crippen molar-refractivity contribution in [1.82, 2.24) is 4.57 Å². The number of esters is 1. The monoisotopic (exact) mass is 392 g/mol. The van der Waals surface area contributed by atoms with Gasteiger partial charge in [0.2, 0.25) is 0 Å². The lowest BCUT2D eigenvalue weighted by Crippen LogP contribution is -2.17. The lowest BCUT2D eigenvalue weighted by atomic mass is 10.1. The number of aryl methyl sites for hydroxylation is 1. The lowest BCUT2D eigenvalue weighted by molar-refractivity contribution is -0.117. The molecular weight excluding hydrogens is 372 g/mol. The third-order valence-electron chi connectivity index (χ3n) is 4.10. The van der Waals surface area contributed by atoms with E-state index in [4.69, 9.17) is 11.2 Å². The Morgan fingerprint density at radius 3 is 2.79 bits per heavy atom. The van der Waals surface area contributed by atoms with Gasteiger partial charge in [-0.3, -0.25) is 4.79 Å². The number of aromatic nitrogens is 1. The maximum absolute atomic E-state index is 12.5. The van der Waals surface area contributed by atoms with Gasteiger partial charge in [-0.2, -0.15) is 4.99 Å². The van der Waals surface area contributed by atoms with Crippen molar-refractivity contribution in [3.05, 3.63) is 64.0 Å². The van der Waals surface area contributed by atoms with E-state index in [0.717, 1.165) is 21.3 Å². The first-order valence-electron chi connectivity index (χ1n) is 8.89. The van der Waals surface area contributed by atoms with E-state index >= 15 is 0 Å². The van der Waals surface area contributed by atoms with E-state index in [1.807, 2.05) is 35.8 Å². The third kappa shape index (κ3) is 4.38. The van der Waals surface area contributed by atoms with Crippen LogP contribution in [0.5, 0.6) is 0 Å². The number of fused-ring (bicyclic) bond motifs is 1. The molecule has 6 heteroatoms. The van der Waals surface area contributed by atoms with Crippen molar-refractivity contribution in [3.8, 4) is 12.3 Å². The highest BCUT2D eigenvalue weighted by molar-refractivity contribution is 7.16. The summed E-state index contributed by atoms with van der Waals surface area (Å²) in [4.78, 5) is 29.3. The molecule has 0 bridgehead atoms. The van der Waals surface area contributed by atoms with E-state index in [1.165, 1.54) is 11.3 Å². The van der Waals surface area contributed by atoms with Gasteiger partial charge in [0.05, 0.1) is 35.4 Å². The van der Waals surface area contributed by atoms with Gasteiger partial charge < -0.3 is 9.30 Å². The molecule has 0 atom stereocenters. The van der Waals surface area contributed by atoms with Crippen LogP contribution in [0.15, 0.2) is 47.5 Å². The maximum atomic E-state index is 12.5. The molecule has 3 rings (SSSR count). The van der Waals surface area contributed by atoms with Crippen LogP contribution in [0, 0.1) is 19.3 Å². The normalized spacial score (nSPS) is 11.4. The van der Waals surface area contributed by atoms with Crippen molar-refractivity contribution in [2.24, 2.45) is 4.99 Å². The van der Waals surface area contributed by atoms with E-state index in [9.17, 15) is 9.59 Å². The lowest BCUT2D eigenvalue weighted by Gasteiger charge is -2.03. The highest BCUT2D eigenvalue weighted by Crippen LogP contribution is 2.20. The molecule has 0 N–H and O–H groups in total. The summed E-state index contributed by atoms with van der Waals surface area (Å²) in [5.41, 5.74) is 3.31. The second-order valence-corrected chi connectivity index (χ2v) is 7.26. The minimum atomic E-state index is -0.379. The molecule has 28 heavy (non-hydrogen) atoms. The third-order valence-corrected chi connectivity index (χ3v) is 5.14. The number of nitrogens with zero attached hydrogens (tertiary/aromatic N) is 2. The fourth-order valence-electron chi connectivity index (χ4n) is 2.89. The Morgan fingerprint density at radius 1 is 1.25 bits per heavy atom. The van der Waals surface area contributed by atoms with Crippen LogP contribution in [-0.4, -0.2) is 23.1 Å². The van der Waals surface area contributed by atoms with Gasteiger partial charge in [0.15, 0.2) is 4.80 Å².